The number of rotatable bonds is 4. The summed E-state index contributed by atoms with van der Waals surface area (Å²) in [5.41, 5.74) is 3.49. The highest BCUT2D eigenvalue weighted by atomic mass is 32.1. The average Bonchev–Trinajstić information content (AvgIpc) is 3.11. The number of nitrogens with zero attached hydrogens (tertiary/aromatic N) is 2. The lowest BCUT2D eigenvalue weighted by Gasteiger charge is -2.11. The zero-order valence-electron chi connectivity index (χ0n) is 15.0. The van der Waals surface area contributed by atoms with Crippen molar-refractivity contribution in [1.29, 1.82) is 0 Å². The van der Waals surface area contributed by atoms with Crippen LogP contribution in [0, 0.1) is 6.92 Å². The predicted molar refractivity (Wildman–Crippen MR) is 116 cm³/mol. The Kier molecular flexibility index (Phi) is 4.85. The second kappa shape index (κ2) is 7.60. The first-order chi connectivity index (χ1) is 13.2. The summed E-state index contributed by atoms with van der Waals surface area (Å²) in [5.74, 6) is 0.723. The molecule has 0 radical (unpaired) electrons. The maximum absolute atomic E-state index is 5.47. The van der Waals surface area contributed by atoms with Crippen molar-refractivity contribution >= 4 is 39.6 Å². The molecule has 3 aromatic carbocycles. The second-order valence-electron chi connectivity index (χ2n) is 6.43. The van der Waals surface area contributed by atoms with Crippen LogP contribution in [0.3, 0.4) is 0 Å². The largest absolute Gasteiger partial charge is 0.332 e. The summed E-state index contributed by atoms with van der Waals surface area (Å²) in [6.45, 7) is 2.85. The van der Waals surface area contributed by atoms with E-state index in [-0.39, 0.29) is 0 Å². The van der Waals surface area contributed by atoms with Gasteiger partial charge in [-0.05, 0) is 41.7 Å². The third kappa shape index (κ3) is 3.99. The molecule has 0 aliphatic carbocycles. The highest BCUT2D eigenvalue weighted by Gasteiger charge is 2.06. The van der Waals surface area contributed by atoms with E-state index < -0.39 is 0 Å². The molecule has 0 amide bonds. The zero-order chi connectivity index (χ0) is 18.6. The highest BCUT2D eigenvalue weighted by Crippen LogP contribution is 2.23. The molecular formula is C22H20N4S. The lowest BCUT2D eigenvalue weighted by Crippen LogP contribution is -2.19. The lowest BCUT2D eigenvalue weighted by molar-refractivity contribution is 0.687. The third-order valence-electron chi connectivity index (χ3n) is 4.51. The molecular weight excluding hydrogens is 352 g/mol. The van der Waals surface area contributed by atoms with Crippen LogP contribution in [-0.4, -0.2) is 14.9 Å². The van der Waals surface area contributed by atoms with Gasteiger partial charge in [-0.15, -0.1) is 0 Å². The fraction of sp³-hybridized carbons (Fsp3) is 0.0909. The van der Waals surface area contributed by atoms with E-state index in [9.17, 15) is 0 Å². The molecule has 0 unspecified atom stereocenters. The van der Waals surface area contributed by atoms with Gasteiger partial charge in [-0.2, -0.15) is 5.10 Å². The summed E-state index contributed by atoms with van der Waals surface area (Å²) in [6.07, 6.45) is 1.95. The van der Waals surface area contributed by atoms with Gasteiger partial charge in [0.2, 0.25) is 0 Å². The van der Waals surface area contributed by atoms with Crippen LogP contribution in [0.5, 0.6) is 0 Å². The molecule has 4 rings (SSSR count). The molecule has 4 aromatic rings. The lowest BCUT2D eigenvalue weighted by atomic mass is 10.1. The van der Waals surface area contributed by atoms with E-state index in [2.05, 4.69) is 53.0 Å². The Labute approximate surface area is 163 Å². The maximum atomic E-state index is 5.47. The number of anilines is 2. The number of nitrogens with one attached hydrogen (secondary N) is 2. The summed E-state index contributed by atoms with van der Waals surface area (Å²) in [5, 5.41) is 13.8. The summed E-state index contributed by atoms with van der Waals surface area (Å²) >= 11 is 5.47. The van der Waals surface area contributed by atoms with Crippen LogP contribution in [0.1, 0.15) is 11.1 Å². The first kappa shape index (κ1) is 17.2. The van der Waals surface area contributed by atoms with Gasteiger partial charge in [-0.25, -0.2) is 0 Å². The number of fused-ring (bicyclic) bond motifs is 1. The van der Waals surface area contributed by atoms with Crippen molar-refractivity contribution in [2.45, 2.75) is 13.5 Å². The molecule has 0 aliphatic rings. The monoisotopic (exact) mass is 372 g/mol. The van der Waals surface area contributed by atoms with E-state index in [0.717, 1.165) is 23.4 Å². The first-order valence-corrected chi connectivity index (χ1v) is 9.23. The fourth-order valence-corrected chi connectivity index (χ4v) is 3.30. The number of hydrogen-bond acceptors (Lipinski definition) is 2. The Hall–Kier alpha value is -3.18. The summed E-state index contributed by atoms with van der Waals surface area (Å²) < 4.78 is 1.91. The second-order valence-corrected chi connectivity index (χ2v) is 6.84. The van der Waals surface area contributed by atoms with Crippen LogP contribution >= 0.6 is 12.2 Å². The number of aryl methyl sites for hydroxylation is 1. The molecule has 0 spiro atoms. The van der Waals surface area contributed by atoms with Crippen LogP contribution in [0.4, 0.5) is 11.5 Å². The Balaban J connectivity index is 1.44. The topological polar surface area (TPSA) is 41.9 Å². The fourth-order valence-electron chi connectivity index (χ4n) is 3.08. The molecule has 134 valence electrons. The molecule has 2 N–H and O–H groups in total. The standard InChI is InChI=1S/C22H20N4S/c1-16-7-2-3-9-18(16)15-26-14-13-21(25-26)24-22(27)23-20-12-6-10-17-8-4-5-11-19(17)20/h2-14H,15H2,1H3,(H2,23,24,25,27). The molecule has 27 heavy (non-hydrogen) atoms. The van der Waals surface area contributed by atoms with Crippen LogP contribution in [-0.2, 0) is 6.54 Å². The van der Waals surface area contributed by atoms with Crippen LogP contribution in [0.15, 0.2) is 79.0 Å². The minimum Gasteiger partial charge on any atom is -0.332 e. The summed E-state index contributed by atoms with van der Waals surface area (Å²) in [6, 6.07) is 24.6. The zero-order valence-corrected chi connectivity index (χ0v) is 15.8. The average molecular weight is 372 g/mol. The molecule has 5 heteroatoms. The molecule has 1 aromatic heterocycles. The van der Waals surface area contributed by atoms with Crippen LogP contribution < -0.4 is 10.6 Å². The Morgan fingerprint density at radius 2 is 1.70 bits per heavy atom. The summed E-state index contributed by atoms with van der Waals surface area (Å²) in [4.78, 5) is 0. The number of benzene rings is 3. The van der Waals surface area contributed by atoms with Crippen molar-refractivity contribution in [1.82, 2.24) is 9.78 Å². The normalized spacial score (nSPS) is 10.7. The van der Waals surface area contributed by atoms with Gasteiger partial charge in [0.1, 0.15) is 0 Å². The van der Waals surface area contributed by atoms with Crippen LogP contribution in [0.25, 0.3) is 10.8 Å². The van der Waals surface area contributed by atoms with Crippen LogP contribution in [0.2, 0.25) is 0 Å². The van der Waals surface area contributed by atoms with E-state index in [1.807, 2.05) is 53.3 Å². The van der Waals surface area contributed by atoms with Gasteiger partial charge in [-0.1, -0.05) is 60.7 Å². The number of hydrogen-bond donors (Lipinski definition) is 2. The Bertz CT molecular complexity index is 1090. The molecule has 0 atom stereocenters. The van der Waals surface area contributed by atoms with Gasteiger partial charge >= 0.3 is 0 Å². The molecule has 0 saturated heterocycles. The van der Waals surface area contributed by atoms with E-state index in [1.165, 1.54) is 16.5 Å². The molecule has 0 fully saturated rings. The van der Waals surface area contributed by atoms with Crippen molar-refractivity contribution in [2.75, 3.05) is 10.6 Å². The first-order valence-electron chi connectivity index (χ1n) is 8.83. The molecule has 1 heterocycles. The minimum atomic E-state index is 0.521. The highest BCUT2D eigenvalue weighted by molar-refractivity contribution is 7.80. The molecule has 0 aliphatic heterocycles. The van der Waals surface area contributed by atoms with E-state index >= 15 is 0 Å². The minimum absolute atomic E-state index is 0.521. The number of thiocarbonyl (C=S) groups is 1. The molecule has 0 bridgehead atoms. The van der Waals surface area contributed by atoms with Gasteiger partial charge in [0, 0.05) is 23.3 Å². The van der Waals surface area contributed by atoms with Crippen molar-refractivity contribution in [3.63, 3.8) is 0 Å². The van der Waals surface area contributed by atoms with Gasteiger partial charge in [0.15, 0.2) is 10.9 Å². The van der Waals surface area contributed by atoms with Gasteiger partial charge in [-0.3, -0.25) is 4.68 Å². The van der Waals surface area contributed by atoms with Crippen molar-refractivity contribution in [3.8, 4) is 0 Å². The predicted octanol–water partition coefficient (Wildman–Crippen LogP) is 5.20. The maximum Gasteiger partial charge on any atom is 0.176 e. The van der Waals surface area contributed by atoms with Crippen molar-refractivity contribution in [2.24, 2.45) is 0 Å². The molecule has 0 saturated carbocycles. The van der Waals surface area contributed by atoms with Gasteiger partial charge in [0.05, 0.1) is 6.54 Å². The van der Waals surface area contributed by atoms with Gasteiger partial charge < -0.3 is 10.6 Å². The Morgan fingerprint density at radius 1 is 0.926 bits per heavy atom. The number of aromatic nitrogens is 2. The quantitative estimate of drug-likeness (QED) is 0.483. The summed E-state index contributed by atoms with van der Waals surface area (Å²) in [7, 11) is 0. The molecule has 4 nitrogen and oxygen atoms in total. The van der Waals surface area contributed by atoms with E-state index in [0.29, 0.717) is 5.11 Å². The van der Waals surface area contributed by atoms with E-state index in [4.69, 9.17) is 12.2 Å². The van der Waals surface area contributed by atoms with Crippen molar-refractivity contribution < 1.29 is 0 Å². The smallest absolute Gasteiger partial charge is 0.176 e. The third-order valence-corrected chi connectivity index (χ3v) is 4.72. The van der Waals surface area contributed by atoms with E-state index in [1.54, 1.807) is 0 Å². The van der Waals surface area contributed by atoms with Gasteiger partial charge in [0.25, 0.3) is 0 Å². The Morgan fingerprint density at radius 3 is 2.59 bits per heavy atom. The van der Waals surface area contributed by atoms with Crippen molar-refractivity contribution in [3.05, 3.63) is 90.1 Å². The SMILES string of the molecule is Cc1ccccc1Cn1ccc(NC(=S)Nc2cccc3ccccc23)n1.